The van der Waals surface area contributed by atoms with E-state index in [0.29, 0.717) is 0 Å². The summed E-state index contributed by atoms with van der Waals surface area (Å²) in [6.45, 7) is 3.61. The molecule has 6 heteroatoms. The summed E-state index contributed by atoms with van der Waals surface area (Å²) in [5, 5.41) is 13.2. The Morgan fingerprint density at radius 1 is 1.47 bits per heavy atom. The van der Waals surface area contributed by atoms with Gasteiger partial charge in [-0.2, -0.15) is 5.10 Å². The minimum Gasteiger partial charge on any atom is -0.478 e. The molecule has 1 N–H and O–H groups in total. The smallest absolute Gasteiger partial charge is 0.340 e. The van der Waals surface area contributed by atoms with Crippen molar-refractivity contribution in [2.24, 2.45) is 5.41 Å². The van der Waals surface area contributed by atoms with E-state index in [2.05, 4.69) is 5.10 Å². The molecule has 0 aliphatic heterocycles. The Bertz CT molecular complexity index is 516. The molecular weight excluding hydrogens is 268 g/mol. The molecule has 0 atom stereocenters. The van der Waals surface area contributed by atoms with Gasteiger partial charge in [0, 0.05) is 5.41 Å². The third-order valence-corrected chi connectivity index (χ3v) is 4.60. The van der Waals surface area contributed by atoms with Crippen molar-refractivity contribution in [3.05, 3.63) is 16.9 Å². The number of halogens is 1. The zero-order valence-electron chi connectivity index (χ0n) is 11.0. The molecule has 1 aromatic heterocycles. The Hall–Kier alpha value is -1.36. The molecule has 5 nitrogen and oxygen atoms in total. The SMILES string of the molecule is CC(=O)[C@]1(C)CC[C@@H](n2ncc(C(=O)O)c2Cl)CC1. The standard InChI is InChI=1S/C13H17ClN2O3/c1-8(17)13(2)5-3-9(4-6-13)16-11(14)10(7-15-16)12(18)19/h7,9H,3-6H2,1-2H3,(H,18,19)/t9-,13-. The maximum absolute atomic E-state index is 11.6. The van der Waals surface area contributed by atoms with Crippen molar-refractivity contribution < 1.29 is 14.7 Å². The van der Waals surface area contributed by atoms with Crippen LogP contribution in [0.1, 0.15) is 55.9 Å². The fraction of sp³-hybridized carbons (Fsp3) is 0.615. The fourth-order valence-electron chi connectivity index (χ4n) is 2.58. The van der Waals surface area contributed by atoms with Crippen LogP contribution >= 0.6 is 11.6 Å². The predicted octanol–water partition coefficient (Wildman–Crippen LogP) is 2.95. The Morgan fingerprint density at radius 3 is 2.47 bits per heavy atom. The molecule has 0 bridgehead atoms. The van der Waals surface area contributed by atoms with Crippen LogP contribution in [-0.2, 0) is 4.79 Å². The predicted molar refractivity (Wildman–Crippen MR) is 70.5 cm³/mol. The molecule has 1 aliphatic carbocycles. The van der Waals surface area contributed by atoms with Crippen LogP contribution in [0.25, 0.3) is 0 Å². The summed E-state index contributed by atoms with van der Waals surface area (Å²) in [4.78, 5) is 22.5. The Labute approximate surface area is 116 Å². The molecule has 1 aromatic rings. The van der Waals surface area contributed by atoms with Crippen molar-refractivity contribution in [3.8, 4) is 0 Å². The molecule has 1 heterocycles. The molecule has 0 radical (unpaired) electrons. The van der Waals surface area contributed by atoms with Gasteiger partial charge in [0.1, 0.15) is 16.5 Å². The molecule has 0 aromatic carbocycles. The van der Waals surface area contributed by atoms with Gasteiger partial charge in [-0.15, -0.1) is 0 Å². The van der Waals surface area contributed by atoms with E-state index in [-0.39, 0.29) is 28.0 Å². The molecule has 1 fully saturated rings. The largest absolute Gasteiger partial charge is 0.478 e. The number of Topliss-reactive ketones (excluding diaryl/α,β-unsaturated/α-hetero) is 1. The highest BCUT2D eigenvalue weighted by Crippen LogP contribution is 2.42. The van der Waals surface area contributed by atoms with Crippen molar-refractivity contribution in [1.82, 2.24) is 9.78 Å². The molecule has 1 saturated carbocycles. The second kappa shape index (κ2) is 4.96. The van der Waals surface area contributed by atoms with Crippen LogP contribution in [0.2, 0.25) is 5.15 Å². The third kappa shape index (κ3) is 2.52. The first-order valence-corrected chi connectivity index (χ1v) is 6.70. The summed E-state index contributed by atoms with van der Waals surface area (Å²) in [7, 11) is 0. The monoisotopic (exact) mass is 284 g/mol. The van der Waals surface area contributed by atoms with Gasteiger partial charge in [0.15, 0.2) is 0 Å². The van der Waals surface area contributed by atoms with Gasteiger partial charge in [0.25, 0.3) is 0 Å². The lowest BCUT2D eigenvalue weighted by atomic mass is 9.71. The third-order valence-electron chi connectivity index (χ3n) is 4.22. The van der Waals surface area contributed by atoms with E-state index >= 15 is 0 Å². The van der Waals surface area contributed by atoms with Crippen LogP contribution < -0.4 is 0 Å². The van der Waals surface area contributed by atoms with E-state index in [4.69, 9.17) is 16.7 Å². The van der Waals surface area contributed by atoms with E-state index < -0.39 is 5.97 Å². The molecule has 19 heavy (non-hydrogen) atoms. The number of carboxylic acids is 1. The molecule has 0 unspecified atom stereocenters. The number of hydrogen-bond donors (Lipinski definition) is 1. The van der Waals surface area contributed by atoms with Gasteiger partial charge in [0.05, 0.1) is 12.2 Å². The molecule has 0 saturated heterocycles. The number of nitrogens with zero attached hydrogens (tertiary/aromatic N) is 2. The zero-order valence-corrected chi connectivity index (χ0v) is 11.8. The van der Waals surface area contributed by atoms with Crippen LogP contribution in [-0.4, -0.2) is 26.6 Å². The first-order chi connectivity index (χ1) is 8.85. The van der Waals surface area contributed by atoms with Gasteiger partial charge in [-0.05, 0) is 32.6 Å². The Morgan fingerprint density at radius 2 is 2.05 bits per heavy atom. The first kappa shape index (κ1) is 14.1. The highest BCUT2D eigenvalue weighted by Gasteiger charge is 2.36. The lowest BCUT2D eigenvalue weighted by Crippen LogP contribution is -2.32. The maximum Gasteiger partial charge on any atom is 0.340 e. The van der Waals surface area contributed by atoms with E-state index in [0.717, 1.165) is 25.7 Å². The van der Waals surface area contributed by atoms with Gasteiger partial charge in [-0.25, -0.2) is 4.79 Å². The minimum absolute atomic E-state index is 0.0292. The topological polar surface area (TPSA) is 72.2 Å². The second-order valence-corrected chi connectivity index (χ2v) is 5.80. The van der Waals surface area contributed by atoms with Crippen LogP contribution in [0, 0.1) is 5.41 Å². The van der Waals surface area contributed by atoms with Crippen LogP contribution in [0.15, 0.2) is 6.20 Å². The number of carboxylic acid groups (broad SMARTS) is 1. The molecular formula is C13H17ClN2O3. The number of aromatic carboxylic acids is 1. The highest BCUT2D eigenvalue weighted by molar-refractivity contribution is 6.32. The van der Waals surface area contributed by atoms with Crippen molar-refractivity contribution in [2.75, 3.05) is 0 Å². The van der Waals surface area contributed by atoms with Crippen molar-refractivity contribution >= 4 is 23.4 Å². The van der Waals surface area contributed by atoms with Crippen molar-refractivity contribution in [3.63, 3.8) is 0 Å². The lowest BCUT2D eigenvalue weighted by Gasteiger charge is -2.35. The quantitative estimate of drug-likeness (QED) is 0.926. The zero-order chi connectivity index (χ0) is 14.2. The molecule has 104 valence electrons. The van der Waals surface area contributed by atoms with Gasteiger partial charge in [0.2, 0.25) is 0 Å². The second-order valence-electron chi connectivity index (χ2n) is 5.45. The van der Waals surface area contributed by atoms with Gasteiger partial charge in [-0.3, -0.25) is 9.48 Å². The number of rotatable bonds is 3. The summed E-state index contributed by atoms with van der Waals surface area (Å²) in [6.07, 6.45) is 4.42. The average molecular weight is 285 g/mol. The van der Waals surface area contributed by atoms with Crippen molar-refractivity contribution in [2.45, 2.75) is 45.6 Å². The summed E-state index contributed by atoms with van der Waals surface area (Å²) < 4.78 is 1.57. The number of ketones is 1. The molecule has 0 spiro atoms. The number of aromatic nitrogens is 2. The molecule has 2 rings (SSSR count). The Balaban J connectivity index is 2.14. The fourth-order valence-corrected chi connectivity index (χ4v) is 2.89. The van der Waals surface area contributed by atoms with Crippen molar-refractivity contribution in [1.29, 1.82) is 0 Å². The summed E-state index contributed by atoms with van der Waals surface area (Å²) in [6, 6.07) is 0.0769. The normalized spacial score (nSPS) is 27.2. The maximum atomic E-state index is 11.6. The first-order valence-electron chi connectivity index (χ1n) is 6.32. The van der Waals surface area contributed by atoms with Gasteiger partial charge >= 0.3 is 5.97 Å². The van der Waals surface area contributed by atoms with E-state index in [1.165, 1.54) is 6.20 Å². The summed E-state index contributed by atoms with van der Waals surface area (Å²) >= 11 is 6.04. The number of hydrogen-bond acceptors (Lipinski definition) is 3. The lowest BCUT2D eigenvalue weighted by molar-refractivity contribution is -0.127. The Kier molecular flexibility index (Phi) is 3.67. The number of carbonyl (C=O) groups is 2. The summed E-state index contributed by atoms with van der Waals surface area (Å²) in [5.74, 6) is -0.857. The van der Waals surface area contributed by atoms with Crippen LogP contribution in [0.3, 0.4) is 0 Å². The molecule has 0 amide bonds. The minimum atomic E-state index is -1.07. The summed E-state index contributed by atoms with van der Waals surface area (Å²) in [5.41, 5.74) is -0.229. The van der Waals surface area contributed by atoms with E-state index in [9.17, 15) is 9.59 Å². The average Bonchev–Trinajstić information content (AvgIpc) is 2.72. The van der Waals surface area contributed by atoms with Gasteiger partial charge < -0.3 is 5.11 Å². The number of carbonyl (C=O) groups excluding carboxylic acids is 1. The van der Waals surface area contributed by atoms with Crippen LogP contribution in [0.4, 0.5) is 0 Å². The highest BCUT2D eigenvalue weighted by atomic mass is 35.5. The van der Waals surface area contributed by atoms with E-state index in [1.54, 1.807) is 11.6 Å². The molecule has 1 aliphatic rings. The van der Waals surface area contributed by atoms with Gasteiger partial charge in [-0.1, -0.05) is 18.5 Å². The van der Waals surface area contributed by atoms with Crippen LogP contribution in [0.5, 0.6) is 0 Å². The van der Waals surface area contributed by atoms with E-state index in [1.807, 2.05) is 6.92 Å².